The average Bonchev–Trinajstić information content (AvgIpc) is 2.55. The summed E-state index contributed by atoms with van der Waals surface area (Å²) >= 11 is 39.4. The third kappa shape index (κ3) is 6.85. The summed E-state index contributed by atoms with van der Waals surface area (Å²) in [6.45, 7) is -2.77. The van der Waals surface area contributed by atoms with Gasteiger partial charge in [0.25, 0.3) is 25.2 Å². The number of nitrogens with zero attached hydrogens (tertiary/aromatic N) is 4. The lowest BCUT2D eigenvalue weighted by molar-refractivity contribution is 1.46. The van der Waals surface area contributed by atoms with Crippen molar-refractivity contribution in [1.82, 2.24) is 0 Å². The van der Waals surface area contributed by atoms with Crippen LogP contribution in [0.3, 0.4) is 0 Å². The van der Waals surface area contributed by atoms with Gasteiger partial charge in [-0.05, 0) is 105 Å². The molecular formula is C14H16Cl6N6P4. The average molecular weight is 605 g/mol. The number of nitrogens with one attached hydrogen (secondary N) is 2. The van der Waals surface area contributed by atoms with Crippen molar-refractivity contribution in [1.29, 1.82) is 0 Å². The molecule has 0 spiro atoms. The summed E-state index contributed by atoms with van der Waals surface area (Å²) in [6, 6.07) is 14.9. The van der Waals surface area contributed by atoms with Crippen molar-refractivity contribution in [3.8, 4) is 0 Å². The second kappa shape index (κ2) is 9.52. The van der Waals surface area contributed by atoms with Gasteiger partial charge in [0.2, 0.25) is 0 Å². The maximum absolute atomic E-state index is 6.72. The standard InChI is InChI=1S/C14H16Cl6N6P4/c1-11-7-3-5-9-13(11)21-29(19)23-27(15,16)25-30(20,26-28(17,18)24-29)22-14-10-6-4-8-12(14)2/h3-10,21-22H,1-2H3/t29-,30-. The molecule has 1 aliphatic heterocycles. The zero-order chi connectivity index (χ0) is 22.2. The van der Waals surface area contributed by atoms with Gasteiger partial charge in [-0.2, -0.15) is 18.1 Å². The molecular weight excluding hydrogens is 589 g/mol. The van der Waals surface area contributed by atoms with Crippen LogP contribution in [0, 0.1) is 13.8 Å². The molecule has 0 aliphatic carbocycles. The van der Waals surface area contributed by atoms with Crippen molar-refractivity contribution >= 4 is 104 Å². The summed E-state index contributed by atoms with van der Waals surface area (Å²) in [6.07, 6.45) is 0. The summed E-state index contributed by atoms with van der Waals surface area (Å²) in [5, 5.41) is 6.16. The van der Waals surface area contributed by atoms with Crippen LogP contribution >= 0.6 is 92.7 Å². The fourth-order valence-electron chi connectivity index (χ4n) is 2.43. The SMILES string of the molecule is Cc1ccccc1N[P@]1(Cl)=NP(Cl)(Cl)=N[P@@](Cl)(Nc2ccccc2C)=NP(Cl)(Cl)=N1. The first-order chi connectivity index (χ1) is 13.8. The first-order valence-corrected chi connectivity index (χ1v) is 20.4. The van der Waals surface area contributed by atoms with E-state index >= 15 is 0 Å². The van der Waals surface area contributed by atoms with Crippen molar-refractivity contribution in [2.45, 2.75) is 13.8 Å². The van der Waals surface area contributed by atoms with Gasteiger partial charge in [0.15, 0.2) is 0 Å². The van der Waals surface area contributed by atoms with Gasteiger partial charge in [-0.3, -0.25) is 0 Å². The Morgan fingerprint density at radius 2 is 0.900 bits per heavy atom. The first kappa shape index (κ1) is 25.3. The third-order valence-corrected chi connectivity index (χ3v) is 19.8. The summed E-state index contributed by atoms with van der Waals surface area (Å²) in [4.78, 5) is 0. The Morgan fingerprint density at radius 1 is 0.567 bits per heavy atom. The molecule has 0 aromatic heterocycles. The molecule has 2 aromatic carbocycles. The molecule has 2 atom stereocenters. The van der Waals surface area contributed by atoms with Gasteiger partial charge in [-0.1, -0.05) is 36.4 Å². The molecule has 0 amide bonds. The molecule has 6 nitrogen and oxygen atoms in total. The number of halogens is 6. The van der Waals surface area contributed by atoms with Crippen LogP contribution in [0.1, 0.15) is 11.1 Å². The molecule has 1 heterocycles. The molecule has 2 aromatic rings. The predicted octanol–water partition coefficient (Wildman–Crippen LogP) is 12.1. The molecule has 16 heteroatoms. The van der Waals surface area contributed by atoms with E-state index < -0.39 is 25.2 Å². The van der Waals surface area contributed by atoms with Gasteiger partial charge in [0.05, 0.1) is 0 Å². The molecule has 0 bridgehead atoms. The zero-order valence-electron chi connectivity index (χ0n) is 15.5. The highest BCUT2D eigenvalue weighted by atomic mass is 35.9. The minimum Gasteiger partial charge on any atom is -0.323 e. The van der Waals surface area contributed by atoms with Crippen LogP contribution in [-0.4, -0.2) is 0 Å². The minimum absolute atomic E-state index is 0.695. The second-order valence-corrected chi connectivity index (χ2v) is 22.9. The van der Waals surface area contributed by atoms with Crippen LogP contribution in [0.2, 0.25) is 0 Å². The first-order valence-electron chi connectivity index (χ1n) is 8.22. The number of aryl methyl sites for hydroxylation is 2. The lowest BCUT2D eigenvalue weighted by atomic mass is 10.2. The summed E-state index contributed by atoms with van der Waals surface area (Å²) < 4.78 is 17.5. The molecule has 3 rings (SSSR count). The monoisotopic (exact) mass is 602 g/mol. The van der Waals surface area contributed by atoms with E-state index in [4.69, 9.17) is 67.4 Å². The molecule has 30 heavy (non-hydrogen) atoms. The van der Waals surface area contributed by atoms with Crippen LogP contribution in [0.4, 0.5) is 11.4 Å². The van der Waals surface area contributed by atoms with Crippen molar-refractivity contribution < 1.29 is 0 Å². The van der Waals surface area contributed by atoms with E-state index in [0.29, 0.717) is 11.4 Å². The number of rotatable bonds is 4. The largest absolute Gasteiger partial charge is 0.323 e. The van der Waals surface area contributed by atoms with Crippen LogP contribution in [-0.2, 0) is 0 Å². The van der Waals surface area contributed by atoms with E-state index in [2.05, 4.69) is 28.2 Å². The van der Waals surface area contributed by atoms with Crippen molar-refractivity contribution in [2.75, 3.05) is 10.2 Å². The van der Waals surface area contributed by atoms with Crippen LogP contribution in [0.15, 0.2) is 66.6 Å². The molecule has 1 aliphatic rings. The molecule has 0 radical (unpaired) electrons. The Balaban J connectivity index is 2.14. The summed E-state index contributed by atoms with van der Waals surface area (Å²) in [5.74, 6) is -6.79. The van der Waals surface area contributed by atoms with E-state index in [1.54, 1.807) is 0 Å². The maximum Gasteiger partial charge on any atom is 0.261 e. The van der Waals surface area contributed by atoms with Crippen molar-refractivity contribution in [3.05, 3.63) is 59.7 Å². The number of hydrogen-bond acceptors (Lipinski definition) is 6. The lowest BCUT2D eigenvalue weighted by Crippen LogP contribution is -1.94. The third-order valence-electron chi connectivity index (χ3n) is 3.72. The predicted molar refractivity (Wildman–Crippen MR) is 142 cm³/mol. The summed E-state index contributed by atoms with van der Waals surface area (Å²) in [7, 11) is 0. The lowest BCUT2D eigenvalue weighted by Gasteiger charge is -2.25. The topological polar surface area (TPSA) is 73.5 Å². The highest BCUT2D eigenvalue weighted by Gasteiger charge is 2.33. The fourth-order valence-corrected chi connectivity index (χ4v) is 24.3. The van der Waals surface area contributed by atoms with Gasteiger partial charge in [0.1, 0.15) is 0 Å². The highest BCUT2D eigenvalue weighted by molar-refractivity contribution is 8.20. The van der Waals surface area contributed by atoms with E-state index in [1.165, 1.54) is 0 Å². The minimum atomic E-state index is -3.39. The molecule has 0 saturated heterocycles. The van der Waals surface area contributed by atoms with Gasteiger partial charge in [-0.15, -0.1) is 0 Å². The maximum atomic E-state index is 6.72. The number of para-hydroxylation sites is 2. The Labute approximate surface area is 204 Å². The normalized spacial score (nSPS) is 27.2. The smallest absolute Gasteiger partial charge is 0.261 e. The van der Waals surface area contributed by atoms with E-state index in [-0.39, 0.29) is 0 Å². The van der Waals surface area contributed by atoms with Gasteiger partial charge >= 0.3 is 0 Å². The molecule has 0 saturated carbocycles. The van der Waals surface area contributed by atoms with Gasteiger partial charge < -0.3 is 10.2 Å². The van der Waals surface area contributed by atoms with E-state index in [1.807, 2.05) is 62.4 Å². The molecule has 0 fully saturated rings. The van der Waals surface area contributed by atoms with Crippen LogP contribution in [0.25, 0.3) is 0 Å². The Hall–Kier alpha value is 0.700. The Morgan fingerprint density at radius 3 is 1.23 bits per heavy atom. The van der Waals surface area contributed by atoms with E-state index in [9.17, 15) is 0 Å². The van der Waals surface area contributed by atoms with Crippen molar-refractivity contribution in [2.24, 2.45) is 18.1 Å². The fraction of sp³-hybridized carbons (Fsp3) is 0.143. The van der Waals surface area contributed by atoms with Crippen molar-refractivity contribution in [3.63, 3.8) is 0 Å². The number of benzene rings is 2. The van der Waals surface area contributed by atoms with E-state index in [0.717, 1.165) is 11.1 Å². The quantitative estimate of drug-likeness (QED) is 0.341. The zero-order valence-corrected chi connectivity index (χ0v) is 23.6. The highest BCUT2D eigenvalue weighted by Crippen LogP contribution is 2.85. The molecule has 0 unspecified atom stereocenters. The van der Waals surface area contributed by atoms with Gasteiger partial charge in [0, 0.05) is 11.4 Å². The second-order valence-electron chi connectivity index (χ2n) is 6.17. The molecule has 164 valence electrons. The Bertz CT molecular complexity index is 1110. The number of anilines is 2. The van der Waals surface area contributed by atoms with Gasteiger partial charge in [-0.25, -0.2) is 0 Å². The van der Waals surface area contributed by atoms with Crippen LogP contribution < -0.4 is 10.2 Å². The molecule has 2 N–H and O–H groups in total. The number of hydrogen-bond donors (Lipinski definition) is 2. The van der Waals surface area contributed by atoms with Crippen LogP contribution in [0.5, 0.6) is 0 Å². The Kier molecular flexibility index (Phi) is 8.03. The summed E-state index contributed by atoms with van der Waals surface area (Å²) in [5.41, 5.74) is 3.22.